The SMILES string of the molecule is COc1ccccc1NC(=O)COc1ccccc1C=C(C#N)C(=O)Nc1ccccc1C. The van der Waals surface area contributed by atoms with Crippen molar-refractivity contribution in [2.24, 2.45) is 0 Å². The quantitative estimate of drug-likeness (QED) is 0.394. The molecular formula is C26H23N3O4. The Morgan fingerprint density at radius 2 is 1.55 bits per heavy atom. The summed E-state index contributed by atoms with van der Waals surface area (Å²) >= 11 is 0. The van der Waals surface area contributed by atoms with Crippen LogP contribution in [0.1, 0.15) is 11.1 Å². The third-order valence-corrected chi connectivity index (χ3v) is 4.72. The van der Waals surface area contributed by atoms with E-state index in [4.69, 9.17) is 9.47 Å². The number of rotatable bonds is 8. The van der Waals surface area contributed by atoms with Crippen LogP contribution in [0.15, 0.2) is 78.4 Å². The summed E-state index contributed by atoms with van der Waals surface area (Å²) in [4.78, 5) is 25.0. The van der Waals surface area contributed by atoms with Crippen molar-refractivity contribution in [1.29, 1.82) is 5.26 Å². The number of benzene rings is 3. The summed E-state index contributed by atoms with van der Waals surface area (Å²) in [6.07, 6.45) is 1.43. The Hall–Kier alpha value is -4.57. The van der Waals surface area contributed by atoms with Gasteiger partial charge in [-0.15, -0.1) is 0 Å². The third-order valence-electron chi connectivity index (χ3n) is 4.72. The lowest BCUT2D eigenvalue weighted by Crippen LogP contribution is -2.20. The molecule has 0 aliphatic carbocycles. The second kappa shape index (κ2) is 11.2. The van der Waals surface area contributed by atoms with Crippen LogP contribution < -0.4 is 20.1 Å². The Balaban J connectivity index is 1.71. The molecule has 0 aromatic heterocycles. The van der Waals surface area contributed by atoms with E-state index < -0.39 is 5.91 Å². The first-order valence-corrected chi connectivity index (χ1v) is 10.1. The minimum absolute atomic E-state index is 0.0900. The highest BCUT2D eigenvalue weighted by molar-refractivity contribution is 6.10. The van der Waals surface area contributed by atoms with Crippen molar-refractivity contribution < 1.29 is 19.1 Å². The molecule has 0 atom stereocenters. The molecule has 0 unspecified atom stereocenters. The van der Waals surface area contributed by atoms with E-state index in [1.54, 1.807) is 60.7 Å². The number of aryl methyl sites for hydroxylation is 1. The maximum absolute atomic E-state index is 12.6. The van der Waals surface area contributed by atoms with Crippen LogP contribution in [0.25, 0.3) is 6.08 Å². The summed E-state index contributed by atoms with van der Waals surface area (Å²) in [6, 6.07) is 23.1. The van der Waals surface area contributed by atoms with Crippen molar-refractivity contribution in [2.45, 2.75) is 6.92 Å². The summed E-state index contributed by atoms with van der Waals surface area (Å²) in [6.45, 7) is 1.60. The second-order valence-corrected chi connectivity index (χ2v) is 7.01. The molecule has 0 aliphatic rings. The van der Waals surface area contributed by atoms with Gasteiger partial charge in [-0.25, -0.2) is 0 Å². The Morgan fingerprint density at radius 3 is 2.24 bits per heavy atom. The Bertz CT molecular complexity index is 1230. The molecule has 2 N–H and O–H groups in total. The lowest BCUT2D eigenvalue weighted by atomic mass is 10.1. The lowest BCUT2D eigenvalue weighted by molar-refractivity contribution is -0.118. The zero-order valence-corrected chi connectivity index (χ0v) is 18.3. The fourth-order valence-corrected chi connectivity index (χ4v) is 3.02. The molecule has 3 aromatic rings. The maximum Gasteiger partial charge on any atom is 0.266 e. The highest BCUT2D eigenvalue weighted by Gasteiger charge is 2.13. The van der Waals surface area contributed by atoms with Crippen molar-refractivity contribution in [2.75, 3.05) is 24.4 Å². The minimum Gasteiger partial charge on any atom is -0.495 e. The van der Waals surface area contributed by atoms with E-state index in [0.29, 0.717) is 28.4 Å². The number of amides is 2. The van der Waals surface area contributed by atoms with Crippen molar-refractivity contribution >= 4 is 29.3 Å². The van der Waals surface area contributed by atoms with Crippen LogP contribution in [-0.4, -0.2) is 25.5 Å². The number of para-hydroxylation sites is 4. The summed E-state index contributed by atoms with van der Waals surface area (Å²) in [5, 5.41) is 15.0. The van der Waals surface area contributed by atoms with Crippen LogP contribution >= 0.6 is 0 Å². The molecule has 3 aromatic carbocycles. The predicted octanol–water partition coefficient (Wildman–Crippen LogP) is 4.57. The number of ether oxygens (including phenoxy) is 2. The van der Waals surface area contributed by atoms with Crippen LogP contribution in [0.4, 0.5) is 11.4 Å². The Labute approximate surface area is 192 Å². The number of methoxy groups -OCH3 is 1. The average Bonchev–Trinajstić information content (AvgIpc) is 2.83. The zero-order chi connectivity index (χ0) is 23.6. The molecule has 3 rings (SSSR count). The third kappa shape index (κ3) is 6.21. The van der Waals surface area contributed by atoms with Crippen molar-refractivity contribution in [1.82, 2.24) is 0 Å². The zero-order valence-electron chi connectivity index (χ0n) is 18.3. The van der Waals surface area contributed by atoms with Crippen molar-refractivity contribution in [3.8, 4) is 17.6 Å². The largest absolute Gasteiger partial charge is 0.495 e. The fraction of sp³-hybridized carbons (Fsp3) is 0.115. The van der Waals surface area contributed by atoms with E-state index in [1.807, 2.05) is 25.1 Å². The monoisotopic (exact) mass is 441 g/mol. The standard InChI is InChI=1S/C26H23N3O4/c1-18-9-3-5-11-21(18)29-26(31)20(16-27)15-19-10-4-7-13-23(19)33-17-25(30)28-22-12-6-8-14-24(22)32-2/h3-15H,17H2,1-2H3,(H,28,30)(H,29,31). The smallest absolute Gasteiger partial charge is 0.266 e. The van der Waals surface area contributed by atoms with Gasteiger partial charge in [0.25, 0.3) is 11.8 Å². The van der Waals surface area contributed by atoms with E-state index in [2.05, 4.69) is 10.6 Å². The fourth-order valence-electron chi connectivity index (χ4n) is 3.02. The maximum atomic E-state index is 12.6. The van der Waals surface area contributed by atoms with Crippen LogP contribution in [-0.2, 0) is 9.59 Å². The number of carbonyl (C=O) groups excluding carboxylic acids is 2. The summed E-state index contributed by atoms with van der Waals surface area (Å²) in [5.74, 6) is -0.0109. The number of hydrogen-bond donors (Lipinski definition) is 2. The number of carbonyl (C=O) groups is 2. The summed E-state index contributed by atoms with van der Waals surface area (Å²) in [7, 11) is 1.52. The molecule has 2 amide bonds. The highest BCUT2D eigenvalue weighted by atomic mass is 16.5. The van der Waals surface area contributed by atoms with Gasteiger partial charge in [0.15, 0.2) is 6.61 Å². The lowest BCUT2D eigenvalue weighted by Gasteiger charge is -2.12. The number of anilines is 2. The van der Waals surface area contributed by atoms with Gasteiger partial charge in [-0.05, 0) is 42.8 Å². The highest BCUT2D eigenvalue weighted by Crippen LogP contribution is 2.24. The van der Waals surface area contributed by atoms with Gasteiger partial charge in [-0.3, -0.25) is 9.59 Å². The molecule has 0 heterocycles. The molecular weight excluding hydrogens is 418 g/mol. The molecule has 33 heavy (non-hydrogen) atoms. The second-order valence-electron chi connectivity index (χ2n) is 7.01. The first kappa shape index (κ1) is 23.1. The van der Waals surface area contributed by atoms with Crippen LogP contribution in [0.2, 0.25) is 0 Å². The van der Waals surface area contributed by atoms with Gasteiger partial charge >= 0.3 is 0 Å². The Morgan fingerprint density at radius 1 is 0.909 bits per heavy atom. The molecule has 166 valence electrons. The van der Waals surface area contributed by atoms with Gasteiger partial charge in [-0.1, -0.05) is 48.5 Å². The first-order valence-electron chi connectivity index (χ1n) is 10.1. The Kier molecular flexibility index (Phi) is 7.81. The van der Waals surface area contributed by atoms with Gasteiger partial charge in [0.05, 0.1) is 12.8 Å². The van der Waals surface area contributed by atoms with Gasteiger partial charge in [-0.2, -0.15) is 5.26 Å². The van der Waals surface area contributed by atoms with Crippen LogP contribution in [0.3, 0.4) is 0 Å². The topological polar surface area (TPSA) is 100 Å². The molecule has 0 spiro atoms. The van der Waals surface area contributed by atoms with E-state index in [-0.39, 0.29) is 18.1 Å². The van der Waals surface area contributed by atoms with Crippen LogP contribution in [0.5, 0.6) is 11.5 Å². The molecule has 0 saturated heterocycles. The van der Waals surface area contributed by atoms with E-state index in [9.17, 15) is 14.9 Å². The van der Waals surface area contributed by atoms with Crippen LogP contribution in [0, 0.1) is 18.3 Å². The van der Waals surface area contributed by atoms with E-state index in [1.165, 1.54) is 13.2 Å². The summed E-state index contributed by atoms with van der Waals surface area (Å²) < 4.78 is 10.9. The first-order chi connectivity index (χ1) is 16.0. The van der Waals surface area contributed by atoms with E-state index >= 15 is 0 Å². The number of nitrogens with zero attached hydrogens (tertiary/aromatic N) is 1. The number of nitriles is 1. The molecule has 0 saturated carbocycles. The average molecular weight is 441 g/mol. The minimum atomic E-state index is -0.532. The van der Waals surface area contributed by atoms with Gasteiger partial charge < -0.3 is 20.1 Å². The molecule has 0 radical (unpaired) electrons. The van der Waals surface area contributed by atoms with Gasteiger partial charge in [0, 0.05) is 11.3 Å². The van der Waals surface area contributed by atoms with Gasteiger partial charge in [0.2, 0.25) is 0 Å². The summed E-state index contributed by atoms with van der Waals surface area (Å²) in [5.41, 5.74) is 2.45. The van der Waals surface area contributed by atoms with Crippen molar-refractivity contribution in [3.63, 3.8) is 0 Å². The number of hydrogen-bond acceptors (Lipinski definition) is 5. The van der Waals surface area contributed by atoms with Gasteiger partial charge in [0.1, 0.15) is 23.1 Å². The van der Waals surface area contributed by atoms with Crippen molar-refractivity contribution in [3.05, 3.63) is 89.5 Å². The molecule has 0 aliphatic heterocycles. The predicted molar refractivity (Wildman–Crippen MR) is 127 cm³/mol. The molecule has 7 nitrogen and oxygen atoms in total. The van der Waals surface area contributed by atoms with E-state index in [0.717, 1.165) is 5.56 Å². The molecule has 0 fully saturated rings. The number of nitrogens with one attached hydrogen (secondary N) is 2. The molecule has 7 heteroatoms. The normalized spacial score (nSPS) is 10.6. The molecule has 0 bridgehead atoms.